The average molecular weight is 226 g/mol. The molecule has 3 nitrogen and oxygen atoms in total. The van der Waals surface area contributed by atoms with E-state index in [1.165, 1.54) is 0 Å². The van der Waals surface area contributed by atoms with Gasteiger partial charge in [-0.2, -0.15) is 0 Å². The second-order valence-electron chi connectivity index (χ2n) is 3.79. The molecule has 0 aromatic carbocycles. The molecule has 15 heavy (non-hydrogen) atoms. The molecule has 0 fully saturated rings. The van der Waals surface area contributed by atoms with Crippen molar-refractivity contribution in [3.63, 3.8) is 0 Å². The second-order valence-corrected chi connectivity index (χ2v) is 5.27. The van der Waals surface area contributed by atoms with Gasteiger partial charge < -0.3 is 5.32 Å². The number of aryl methyl sites for hydroxylation is 1. The average Bonchev–Trinajstić information content (AvgIpc) is 2.14. The Morgan fingerprint density at radius 1 is 1.53 bits per heavy atom. The van der Waals surface area contributed by atoms with Crippen LogP contribution in [0.5, 0.6) is 0 Å². The summed E-state index contributed by atoms with van der Waals surface area (Å²) in [7, 11) is -0.741. The van der Waals surface area contributed by atoms with E-state index in [4.69, 9.17) is 0 Å². The molecule has 1 rings (SSSR count). The second kappa shape index (κ2) is 5.98. The third-order valence-electron chi connectivity index (χ3n) is 2.06. The van der Waals surface area contributed by atoms with Crippen LogP contribution in [0, 0.1) is 6.92 Å². The zero-order valence-corrected chi connectivity index (χ0v) is 10.3. The van der Waals surface area contributed by atoms with Crippen LogP contribution in [0.4, 0.5) is 0 Å². The molecule has 1 heterocycles. The van der Waals surface area contributed by atoms with Gasteiger partial charge in [0.1, 0.15) is 0 Å². The molecular formula is C11H18N2OS. The van der Waals surface area contributed by atoms with Gasteiger partial charge in [-0.3, -0.25) is 9.19 Å². The molecule has 0 bridgehead atoms. The van der Waals surface area contributed by atoms with E-state index in [0.29, 0.717) is 5.75 Å². The molecule has 0 saturated carbocycles. The maximum Gasteiger partial charge on any atom is 0.0544 e. The summed E-state index contributed by atoms with van der Waals surface area (Å²) >= 11 is 0. The van der Waals surface area contributed by atoms with Crippen LogP contribution >= 0.6 is 0 Å². The molecule has 0 radical (unpaired) electrons. The minimum absolute atomic E-state index is 0.262. The molecule has 0 amide bonds. The van der Waals surface area contributed by atoms with Crippen LogP contribution in [0.1, 0.15) is 18.3 Å². The highest BCUT2D eigenvalue weighted by Gasteiger charge is 2.03. The summed E-state index contributed by atoms with van der Waals surface area (Å²) in [5, 5.41) is 3.30. The van der Waals surface area contributed by atoms with Gasteiger partial charge in [-0.25, -0.2) is 0 Å². The Bertz CT molecular complexity index is 341. The highest BCUT2D eigenvalue weighted by Crippen LogP contribution is 1.98. The Balaban J connectivity index is 2.40. The third-order valence-corrected chi connectivity index (χ3v) is 3.03. The summed E-state index contributed by atoms with van der Waals surface area (Å²) < 4.78 is 11.0. The van der Waals surface area contributed by atoms with Gasteiger partial charge in [-0.15, -0.1) is 0 Å². The summed E-state index contributed by atoms with van der Waals surface area (Å²) in [4.78, 5) is 4.39. The van der Waals surface area contributed by atoms with E-state index in [1.807, 2.05) is 32.0 Å². The zero-order chi connectivity index (χ0) is 11.3. The van der Waals surface area contributed by atoms with Crippen molar-refractivity contribution in [3.8, 4) is 0 Å². The van der Waals surface area contributed by atoms with Crippen molar-refractivity contribution in [2.24, 2.45) is 0 Å². The molecule has 1 aromatic heterocycles. The molecule has 84 valence electrons. The lowest BCUT2D eigenvalue weighted by Crippen LogP contribution is -2.30. The van der Waals surface area contributed by atoms with Crippen LogP contribution in [0.2, 0.25) is 0 Å². The van der Waals surface area contributed by atoms with E-state index < -0.39 is 10.8 Å². The van der Waals surface area contributed by atoms with Crippen LogP contribution in [0.15, 0.2) is 18.2 Å². The number of pyridine rings is 1. The van der Waals surface area contributed by atoms with Crippen molar-refractivity contribution in [1.29, 1.82) is 0 Å². The largest absolute Gasteiger partial charge is 0.308 e. The molecule has 0 spiro atoms. The molecular weight excluding hydrogens is 208 g/mol. The van der Waals surface area contributed by atoms with Gasteiger partial charge in [0.15, 0.2) is 0 Å². The van der Waals surface area contributed by atoms with Crippen LogP contribution in [0.25, 0.3) is 0 Å². The van der Waals surface area contributed by atoms with E-state index in [-0.39, 0.29) is 6.04 Å². The molecule has 2 unspecified atom stereocenters. The van der Waals surface area contributed by atoms with Crippen LogP contribution in [-0.4, -0.2) is 27.2 Å². The van der Waals surface area contributed by atoms with Gasteiger partial charge in [0.25, 0.3) is 0 Å². The predicted molar refractivity (Wildman–Crippen MR) is 64.2 cm³/mol. The number of rotatable bonds is 5. The monoisotopic (exact) mass is 226 g/mol. The highest BCUT2D eigenvalue weighted by atomic mass is 32.2. The fraction of sp³-hybridized carbons (Fsp3) is 0.545. The molecule has 0 aliphatic carbocycles. The Morgan fingerprint density at radius 3 is 2.87 bits per heavy atom. The summed E-state index contributed by atoms with van der Waals surface area (Å²) in [5.74, 6) is 0.686. The molecule has 2 atom stereocenters. The van der Waals surface area contributed by atoms with Gasteiger partial charge >= 0.3 is 0 Å². The van der Waals surface area contributed by atoms with E-state index in [0.717, 1.165) is 17.9 Å². The molecule has 0 saturated heterocycles. The smallest absolute Gasteiger partial charge is 0.0544 e. The lowest BCUT2D eigenvalue weighted by atomic mass is 10.3. The Labute approximate surface area is 93.8 Å². The minimum atomic E-state index is -0.741. The van der Waals surface area contributed by atoms with Gasteiger partial charge in [0.2, 0.25) is 0 Å². The van der Waals surface area contributed by atoms with Gasteiger partial charge in [0.05, 0.1) is 5.69 Å². The SMILES string of the molecule is Cc1cccc(CNC(C)CS(C)=O)n1. The van der Waals surface area contributed by atoms with Crippen LogP contribution in [0.3, 0.4) is 0 Å². The number of hydrogen-bond donors (Lipinski definition) is 1. The quantitative estimate of drug-likeness (QED) is 0.821. The van der Waals surface area contributed by atoms with E-state index in [1.54, 1.807) is 6.26 Å². The molecule has 4 heteroatoms. The van der Waals surface area contributed by atoms with Crippen molar-refractivity contribution in [1.82, 2.24) is 10.3 Å². The van der Waals surface area contributed by atoms with Crippen molar-refractivity contribution < 1.29 is 4.21 Å². The normalized spacial score (nSPS) is 14.9. The van der Waals surface area contributed by atoms with Gasteiger partial charge in [0, 0.05) is 41.1 Å². The van der Waals surface area contributed by atoms with Crippen LogP contribution < -0.4 is 5.32 Å². The highest BCUT2D eigenvalue weighted by molar-refractivity contribution is 7.84. The van der Waals surface area contributed by atoms with Crippen molar-refractivity contribution in [2.75, 3.05) is 12.0 Å². The summed E-state index contributed by atoms with van der Waals surface area (Å²) in [6, 6.07) is 6.24. The number of hydrogen-bond acceptors (Lipinski definition) is 3. The van der Waals surface area contributed by atoms with Gasteiger partial charge in [-0.05, 0) is 26.0 Å². The fourth-order valence-corrected chi connectivity index (χ4v) is 2.21. The standard InChI is InChI=1S/C11H18N2OS/c1-9-5-4-6-11(13-9)7-12-10(2)8-15(3)14/h4-6,10,12H,7-8H2,1-3H3. The molecule has 0 aliphatic rings. The number of aromatic nitrogens is 1. The first-order chi connectivity index (χ1) is 7.08. The first-order valence-electron chi connectivity index (χ1n) is 5.04. The Hall–Kier alpha value is -0.740. The van der Waals surface area contributed by atoms with E-state index >= 15 is 0 Å². The first kappa shape index (κ1) is 12.3. The summed E-state index contributed by atoms with van der Waals surface area (Å²) in [6.07, 6.45) is 1.73. The molecule has 1 N–H and O–H groups in total. The number of nitrogens with zero attached hydrogens (tertiary/aromatic N) is 1. The minimum Gasteiger partial charge on any atom is -0.308 e. The Morgan fingerprint density at radius 2 is 2.27 bits per heavy atom. The molecule has 1 aromatic rings. The van der Waals surface area contributed by atoms with Crippen LogP contribution in [-0.2, 0) is 17.3 Å². The Kier molecular flexibility index (Phi) is 4.91. The lowest BCUT2D eigenvalue weighted by molar-refractivity contribution is 0.580. The maximum absolute atomic E-state index is 11.0. The fourth-order valence-electron chi connectivity index (χ4n) is 1.39. The number of nitrogens with one attached hydrogen (secondary N) is 1. The van der Waals surface area contributed by atoms with Gasteiger partial charge in [-0.1, -0.05) is 6.07 Å². The summed E-state index contributed by atoms with van der Waals surface area (Å²) in [5.41, 5.74) is 2.06. The van der Waals surface area contributed by atoms with Crippen molar-refractivity contribution >= 4 is 10.8 Å². The third kappa shape index (κ3) is 5.04. The summed E-state index contributed by atoms with van der Waals surface area (Å²) in [6.45, 7) is 4.76. The topological polar surface area (TPSA) is 42.0 Å². The zero-order valence-electron chi connectivity index (χ0n) is 9.49. The lowest BCUT2D eigenvalue weighted by Gasteiger charge is -2.11. The van der Waals surface area contributed by atoms with E-state index in [2.05, 4.69) is 10.3 Å². The maximum atomic E-state index is 11.0. The first-order valence-corrected chi connectivity index (χ1v) is 6.76. The van der Waals surface area contributed by atoms with E-state index in [9.17, 15) is 4.21 Å². The molecule has 0 aliphatic heterocycles. The van der Waals surface area contributed by atoms with Crippen molar-refractivity contribution in [3.05, 3.63) is 29.6 Å². The van der Waals surface area contributed by atoms with Crippen molar-refractivity contribution in [2.45, 2.75) is 26.4 Å². The predicted octanol–water partition coefficient (Wildman–Crippen LogP) is 1.25.